The Morgan fingerprint density at radius 1 is 1.31 bits per heavy atom. The largest absolute Gasteiger partial charge is 0.473 e. The van der Waals surface area contributed by atoms with Gasteiger partial charge in [-0.1, -0.05) is 18.2 Å². The van der Waals surface area contributed by atoms with E-state index in [0.29, 0.717) is 5.56 Å². The summed E-state index contributed by atoms with van der Waals surface area (Å²) in [6.45, 7) is -0.708. The van der Waals surface area contributed by atoms with Crippen LogP contribution in [0.15, 0.2) is 47.5 Å². The highest BCUT2D eigenvalue weighted by molar-refractivity contribution is 7.47. The van der Waals surface area contributed by atoms with Crippen molar-refractivity contribution in [1.29, 1.82) is 0 Å². The first kappa shape index (κ1) is 26.0. The number of aliphatic hydroxyl groups excluding tert-OH is 2. The summed E-state index contributed by atoms with van der Waals surface area (Å²) in [4.78, 5) is 41.1. The molecule has 6 atom stereocenters. The lowest BCUT2D eigenvalue weighted by Gasteiger charge is -2.21. The third-order valence-electron chi connectivity index (χ3n) is 5.67. The minimum Gasteiger partial charge on any atom is -0.467 e. The number of aliphatic hydroxyl groups is 2. The molecule has 0 amide bonds. The molecule has 0 aliphatic carbocycles. The number of hydrogen-bond donors (Lipinski definition) is 5. The zero-order valence-corrected chi connectivity index (χ0v) is 19.9. The Bertz CT molecular complexity index is 1340. The van der Waals surface area contributed by atoms with Crippen molar-refractivity contribution in [2.45, 2.75) is 37.1 Å². The molecule has 0 radical (unpaired) electrons. The average Bonchev–Trinajstić information content (AvgIpc) is 3.37. The summed E-state index contributed by atoms with van der Waals surface area (Å²) >= 11 is 0. The van der Waals surface area contributed by atoms with E-state index in [1.54, 1.807) is 12.3 Å². The number of nitrogen functional groups attached to an aromatic ring is 1. The van der Waals surface area contributed by atoms with Crippen molar-refractivity contribution < 1.29 is 43.0 Å². The van der Waals surface area contributed by atoms with E-state index in [9.17, 15) is 29.3 Å². The summed E-state index contributed by atoms with van der Waals surface area (Å²) in [6.07, 6.45) is -4.54. The number of aromatic nitrogens is 3. The molecular weight excluding hydrogens is 499 g/mol. The number of para-hydroxylation sites is 1. The van der Waals surface area contributed by atoms with Gasteiger partial charge < -0.3 is 35.3 Å². The third-order valence-corrected chi connectivity index (χ3v) is 6.67. The van der Waals surface area contributed by atoms with Gasteiger partial charge >= 0.3 is 19.5 Å². The van der Waals surface area contributed by atoms with E-state index in [4.69, 9.17) is 24.3 Å². The lowest BCUT2D eigenvalue weighted by atomic mass is 10.1. The number of nitrogens with two attached hydrogens (primary N) is 1. The van der Waals surface area contributed by atoms with Gasteiger partial charge in [0.05, 0.1) is 13.7 Å². The van der Waals surface area contributed by atoms with Crippen LogP contribution >= 0.6 is 7.82 Å². The number of esters is 1. The Hall–Kier alpha value is -3.10. The Labute approximate surface area is 203 Å². The minimum atomic E-state index is -4.88. The molecule has 0 spiro atoms. The molecule has 3 aromatic rings. The van der Waals surface area contributed by atoms with Crippen molar-refractivity contribution in [3.8, 4) is 0 Å². The molecule has 1 aromatic carbocycles. The van der Waals surface area contributed by atoms with Gasteiger partial charge in [-0.05, 0) is 17.7 Å². The van der Waals surface area contributed by atoms with E-state index < -0.39 is 56.7 Å². The maximum atomic E-state index is 12.6. The maximum absolute atomic E-state index is 12.6. The van der Waals surface area contributed by atoms with Crippen LogP contribution in [0.4, 0.5) is 5.82 Å². The van der Waals surface area contributed by atoms with Gasteiger partial charge in [-0.25, -0.2) is 14.2 Å². The predicted molar refractivity (Wildman–Crippen MR) is 124 cm³/mol. The molecule has 1 fully saturated rings. The Morgan fingerprint density at radius 2 is 2.06 bits per heavy atom. The summed E-state index contributed by atoms with van der Waals surface area (Å²) < 4.78 is 33.8. The van der Waals surface area contributed by atoms with Crippen molar-refractivity contribution in [2.24, 2.45) is 0 Å². The fourth-order valence-corrected chi connectivity index (χ4v) is 4.75. The first-order valence-corrected chi connectivity index (χ1v) is 12.2. The number of hydrogen-bond acceptors (Lipinski definition) is 11. The molecule has 1 saturated heterocycles. The highest BCUT2D eigenvalue weighted by Crippen LogP contribution is 2.46. The van der Waals surface area contributed by atoms with E-state index in [1.807, 2.05) is 18.2 Å². The second-order valence-corrected chi connectivity index (χ2v) is 9.44. The lowest BCUT2D eigenvalue weighted by Crippen LogP contribution is -2.36. The second-order valence-electron chi connectivity index (χ2n) is 8.03. The van der Waals surface area contributed by atoms with Crippen molar-refractivity contribution in [3.05, 3.63) is 58.8 Å². The summed E-state index contributed by atoms with van der Waals surface area (Å²) in [5.74, 6) is -0.948. The number of nitrogens with zero attached hydrogens (tertiary/aromatic N) is 2. The summed E-state index contributed by atoms with van der Waals surface area (Å²) in [6, 6.07) is 8.57. The Morgan fingerprint density at radius 3 is 2.78 bits per heavy atom. The topological polar surface area (TPSA) is 208 Å². The predicted octanol–water partition coefficient (Wildman–Crippen LogP) is -0.156. The van der Waals surface area contributed by atoms with Crippen molar-refractivity contribution in [1.82, 2.24) is 14.5 Å². The van der Waals surface area contributed by atoms with Gasteiger partial charge in [0.1, 0.15) is 24.1 Å². The second kappa shape index (κ2) is 10.5. The van der Waals surface area contributed by atoms with Gasteiger partial charge in [0.15, 0.2) is 12.3 Å². The molecule has 6 N–H and O–H groups in total. The number of carbonyl (C=O) groups is 1. The zero-order valence-electron chi connectivity index (χ0n) is 19.0. The van der Waals surface area contributed by atoms with E-state index >= 15 is 0 Å². The highest BCUT2D eigenvalue weighted by atomic mass is 31.2. The van der Waals surface area contributed by atoms with E-state index in [2.05, 4.69) is 9.97 Å². The molecule has 1 aliphatic heterocycles. The number of benzene rings is 1. The van der Waals surface area contributed by atoms with E-state index in [0.717, 1.165) is 22.6 Å². The quantitative estimate of drug-likeness (QED) is 0.183. The van der Waals surface area contributed by atoms with Gasteiger partial charge in [0.25, 0.3) is 0 Å². The summed E-state index contributed by atoms with van der Waals surface area (Å²) in [5.41, 5.74) is 6.06. The average molecular weight is 524 g/mol. The van der Waals surface area contributed by atoms with Crippen LogP contribution in [0.2, 0.25) is 0 Å². The minimum absolute atomic E-state index is 0.0460. The van der Waals surface area contributed by atoms with Gasteiger partial charge in [0.2, 0.25) is 0 Å². The normalized spacial score (nSPS) is 24.4. The number of H-pyrrole nitrogens is 1. The summed E-state index contributed by atoms with van der Waals surface area (Å²) in [7, 11) is -3.78. The van der Waals surface area contributed by atoms with Crippen LogP contribution in [0, 0.1) is 0 Å². The molecule has 0 bridgehead atoms. The maximum Gasteiger partial charge on any atom is 0.473 e. The van der Waals surface area contributed by atoms with Gasteiger partial charge in [-0.15, -0.1) is 0 Å². The Balaban J connectivity index is 1.43. The summed E-state index contributed by atoms with van der Waals surface area (Å²) in [5, 5.41) is 21.4. The SMILES string of the molecule is COC(=O)[C@H](Cc1c[nH]c2ccccc12)OP(=O)(O)OC[C@H]1OC(n2ccc(N)nc2=O)[C@@H](O)[C@@H]1O. The van der Waals surface area contributed by atoms with Crippen molar-refractivity contribution >= 4 is 30.5 Å². The third kappa shape index (κ3) is 5.50. The monoisotopic (exact) mass is 524 g/mol. The van der Waals surface area contributed by atoms with E-state index in [1.165, 1.54) is 12.3 Å². The molecule has 1 aliphatic rings. The molecule has 3 heterocycles. The number of carbonyl (C=O) groups excluding carboxylic acids is 1. The van der Waals surface area contributed by atoms with Crippen LogP contribution in [0.25, 0.3) is 10.9 Å². The van der Waals surface area contributed by atoms with Gasteiger partial charge in [-0.3, -0.25) is 13.6 Å². The number of ether oxygens (including phenoxy) is 2. The smallest absolute Gasteiger partial charge is 0.467 e. The molecule has 4 rings (SSSR count). The molecule has 14 nitrogen and oxygen atoms in total. The number of fused-ring (bicyclic) bond motifs is 1. The van der Waals surface area contributed by atoms with Gasteiger partial charge in [0, 0.05) is 29.7 Å². The number of aromatic amines is 1. The molecule has 36 heavy (non-hydrogen) atoms. The number of anilines is 1. The van der Waals surface area contributed by atoms with Crippen molar-refractivity contribution in [2.75, 3.05) is 19.5 Å². The van der Waals surface area contributed by atoms with Crippen LogP contribution in [-0.2, 0) is 34.3 Å². The lowest BCUT2D eigenvalue weighted by molar-refractivity contribution is -0.150. The molecule has 0 saturated carbocycles. The fourth-order valence-electron chi connectivity index (χ4n) is 3.87. The standard InChI is InChI=1S/C21H25N4O10P/c1-32-20(28)14(8-11-9-23-13-5-3-2-4-12(11)13)35-36(30,31)33-10-15-17(26)18(27)19(34-15)25-7-6-16(22)24-21(25)29/h2-7,9,14-15,17-19,23,26-27H,8,10H2,1H3,(H,30,31)(H2,22,24,29)/t14-,15+,17+,18-,19?/m0/s1. The number of nitrogens with one attached hydrogen (secondary N) is 1. The van der Waals surface area contributed by atoms with Crippen molar-refractivity contribution in [3.63, 3.8) is 0 Å². The first-order chi connectivity index (χ1) is 17.1. The molecule has 2 unspecified atom stereocenters. The van der Waals surface area contributed by atoms with Gasteiger partial charge in [-0.2, -0.15) is 4.98 Å². The molecule has 15 heteroatoms. The number of methoxy groups -OCH3 is 1. The van der Waals surface area contributed by atoms with Crippen LogP contribution < -0.4 is 11.4 Å². The van der Waals surface area contributed by atoms with Crippen LogP contribution in [-0.4, -0.2) is 73.7 Å². The Kier molecular flexibility index (Phi) is 7.57. The first-order valence-electron chi connectivity index (χ1n) is 10.7. The van der Waals surface area contributed by atoms with E-state index in [-0.39, 0.29) is 12.2 Å². The van der Waals surface area contributed by atoms with Crippen LogP contribution in [0.5, 0.6) is 0 Å². The van der Waals surface area contributed by atoms with Crippen LogP contribution in [0.3, 0.4) is 0 Å². The number of rotatable bonds is 9. The zero-order chi connectivity index (χ0) is 26.0. The fraction of sp³-hybridized carbons (Fsp3) is 0.381. The number of phosphoric acid groups is 1. The van der Waals surface area contributed by atoms with Crippen LogP contribution in [0.1, 0.15) is 11.8 Å². The number of phosphoric ester groups is 1. The molecule has 194 valence electrons. The molecule has 2 aromatic heterocycles. The molecular formula is C21H25N4O10P. The highest BCUT2D eigenvalue weighted by Gasteiger charge is 2.45.